The number of nitrogens with zero attached hydrogens (tertiary/aromatic N) is 2. The van der Waals surface area contributed by atoms with Crippen LogP contribution in [0.15, 0.2) is 28.9 Å². The lowest BCUT2D eigenvalue weighted by molar-refractivity contribution is -0.119. The maximum absolute atomic E-state index is 13.8. The zero-order valence-corrected chi connectivity index (χ0v) is 13.4. The van der Waals surface area contributed by atoms with E-state index in [1.807, 2.05) is 13.8 Å². The van der Waals surface area contributed by atoms with E-state index in [1.54, 1.807) is 17.9 Å². The van der Waals surface area contributed by atoms with Crippen molar-refractivity contribution < 1.29 is 18.4 Å². The summed E-state index contributed by atoms with van der Waals surface area (Å²) in [7, 11) is 0. The molecule has 3 amide bonds. The molecule has 6 heteroatoms. The van der Waals surface area contributed by atoms with Crippen LogP contribution in [-0.4, -0.2) is 28.9 Å². The van der Waals surface area contributed by atoms with Crippen molar-refractivity contribution in [3.8, 4) is 0 Å². The maximum atomic E-state index is 13.8. The summed E-state index contributed by atoms with van der Waals surface area (Å²) in [4.78, 5) is 28.1. The highest BCUT2D eigenvalue weighted by Gasteiger charge is 2.46. The second kappa shape index (κ2) is 5.68. The number of carbonyl (C=O) groups excluding carboxylic acids is 2. The van der Waals surface area contributed by atoms with Crippen LogP contribution in [0.3, 0.4) is 0 Å². The Bertz CT molecular complexity index is 766. The van der Waals surface area contributed by atoms with Crippen molar-refractivity contribution in [2.75, 3.05) is 4.90 Å². The number of hydrogen-bond donors (Lipinski definition) is 0. The normalized spacial score (nSPS) is 18.7. The number of carbonyl (C=O) groups is 2. The Kier molecular flexibility index (Phi) is 3.83. The zero-order valence-electron chi connectivity index (χ0n) is 13.4. The summed E-state index contributed by atoms with van der Waals surface area (Å²) in [5.41, 5.74) is 0.353. The Labute approximate surface area is 133 Å². The molecule has 0 aliphatic carbocycles. The topological polar surface area (TPSA) is 53.8 Å². The number of rotatable bonds is 4. The SMILES string of the molecule is CCC(CC)N1C(=O)N(c2coc3c(F)cccc23)C(=O)C1C. The third-order valence-corrected chi connectivity index (χ3v) is 4.52. The highest BCUT2D eigenvalue weighted by atomic mass is 19.1. The molecular weight excluding hydrogens is 299 g/mol. The van der Waals surface area contributed by atoms with Gasteiger partial charge in [0, 0.05) is 11.4 Å². The fourth-order valence-corrected chi connectivity index (χ4v) is 3.24. The van der Waals surface area contributed by atoms with Crippen molar-refractivity contribution in [1.82, 2.24) is 4.90 Å². The molecule has 0 radical (unpaired) electrons. The molecule has 1 aromatic carbocycles. The van der Waals surface area contributed by atoms with Gasteiger partial charge in [-0.15, -0.1) is 0 Å². The van der Waals surface area contributed by atoms with Crippen molar-refractivity contribution >= 4 is 28.6 Å². The van der Waals surface area contributed by atoms with Gasteiger partial charge in [-0.05, 0) is 31.9 Å². The molecule has 0 bridgehead atoms. The molecule has 1 aliphatic rings. The Balaban J connectivity index is 2.07. The van der Waals surface area contributed by atoms with Crippen LogP contribution in [0, 0.1) is 5.82 Å². The number of benzene rings is 1. The second-order valence-electron chi connectivity index (χ2n) is 5.75. The van der Waals surface area contributed by atoms with E-state index in [-0.39, 0.29) is 23.6 Å². The minimum atomic E-state index is -0.536. The van der Waals surface area contributed by atoms with Gasteiger partial charge in [0.15, 0.2) is 11.4 Å². The average molecular weight is 318 g/mol. The summed E-state index contributed by atoms with van der Waals surface area (Å²) in [5, 5.41) is 0.422. The molecule has 23 heavy (non-hydrogen) atoms. The monoisotopic (exact) mass is 318 g/mol. The van der Waals surface area contributed by atoms with Gasteiger partial charge >= 0.3 is 6.03 Å². The standard InChI is InChI=1S/C17H19FN2O3/c1-4-11(5-2)19-10(3)16(21)20(17(19)22)14-9-23-15-12(14)7-6-8-13(15)18/h6-11H,4-5H2,1-3H3. The molecule has 1 atom stereocenters. The quantitative estimate of drug-likeness (QED) is 0.803. The molecule has 3 rings (SSSR count). The number of hydrogen-bond acceptors (Lipinski definition) is 3. The zero-order chi connectivity index (χ0) is 16.7. The summed E-state index contributed by atoms with van der Waals surface area (Å²) in [6.45, 7) is 5.70. The summed E-state index contributed by atoms with van der Waals surface area (Å²) in [6.07, 6.45) is 2.82. The second-order valence-corrected chi connectivity index (χ2v) is 5.75. The molecule has 1 unspecified atom stereocenters. The number of halogens is 1. The van der Waals surface area contributed by atoms with Gasteiger partial charge < -0.3 is 9.32 Å². The highest BCUT2D eigenvalue weighted by molar-refractivity contribution is 6.24. The average Bonchev–Trinajstić information content (AvgIpc) is 3.05. The number of para-hydroxylation sites is 1. The molecule has 1 fully saturated rings. The van der Waals surface area contributed by atoms with Gasteiger partial charge in [0.05, 0.1) is 5.69 Å². The Morgan fingerprint density at radius 2 is 1.96 bits per heavy atom. The first kappa shape index (κ1) is 15.5. The molecule has 5 nitrogen and oxygen atoms in total. The molecule has 1 aliphatic heterocycles. The smallest absolute Gasteiger partial charge is 0.332 e. The first-order chi connectivity index (χ1) is 11.0. The molecule has 0 N–H and O–H groups in total. The molecule has 2 aromatic rings. The van der Waals surface area contributed by atoms with Crippen molar-refractivity contribution in [3.63, 3.8) is 0 Å². The Morgan fingerprint density at radius 1 is 1.26 bits per heavy atom. The van der Waals surface area contributed by atoms with Crippen LogP contribution in [0.2, 0.25) is 0 Å². The van der Waals surface area contributed by atoms with E-state index >= 15 is 0 Å². The van der Waals surface area contributed by atoms with Gasteiger partial charge in [0.1, 0.15) is 12.3 Å². The van der Waals surface area contributed by atoms with Crippen LogP contribution in [0.4, 0.5) is 14.9 Å². The van der Waals surface area contributed by atoms with Crippen molar-refractivity contribution in [2.24, 2.45) is 0 Å². The lowest BCUT2D eigenvalue weighted by Gasteiger charge is -2.27. The highest BCUT2D eigenvalue weighted by Crippen LogP contribution is 2.35. The Hall–Kier alpha value is -2.37. The number of anilines is 1. The van der Waals surface area contributed by atoms with Gasteiger partial charge in [-0.25, -0.2) is 14.1 Å². The number of imide groups is 1. The minimum Gasteiger partial charge on any atom is -0.459 e. The molecule has 122 valence electrons. The lowest BCUT2D eigenvalue weighted by atomic mass is 10.1. The summed E-state index contributed by atoms with van der Waals surface area (Å²) >= 11 is 0. The summed E-state index contributed by atoms with van der Waals surface area (Å²) in [6, 6.07) is 3.55. The van der Waals surface area contributed by atoms with E-state index in [2.05, 4.69) is 0 Å². The van der Waals surface area contributed by atoms with E-state index in [9.17, 15) is 14.0 Å². The van der Waals surface area contributed by atoms with Crippen LogP contribution in [0.5, 0.6) is 0 Å². The minimum absolute atomic E-state index is 0.00125. The van der Waals surface area contributed by atoms with Crippen molar-refractivity contribution in [2.45, 2.75) is 45.7 Å². The van der Waals surface area contributed by atoms with Crippen molar-refractivity contribution in [1.29, 1.82) is 0 Å². The van der Waals surface area contributed by atoms with Gasteiger partial charge in [-0.3, -0.25) is 4.79 Å². The van der Waals surface area contributed by atoms with E-state index in [4.69, 9.17) is 4.42 Å². The summed E-state index contributed by atoms with van der Waals surface area (Å²) < 4.78 is 19.0. The number of urea groups is 1. The van der Waals surface area contributed by atoms with E-state index in [0.29, 0.717) is 11.1 Å². The molecule has 1 aromatic heterocycles. The van der Waals surface area contributed by atoms with Crippen LogP contribution in [0.25, 0.3) is 11.0 Å². The molecule has 2 heterocycles. The Morgan fingerprint density at radius 3 is 2.61 bits per heavy atom. The first-order valence-electron chi connectivity index (χ1n) is 7.83. The summed E-state index contributed by atoms with van der Waals surface area (Å²) in [5.74, 6) is -0.827. The van der Waals surface area contributed by atoms with Gasteiger partial charge in [-0.2, -0.15) is 0 Å². The van der Waals surface area contributed by atoms with E-state index in [0.717, 1.165) is 17.7 Å². The fourth-order valence-electron chi connectivity index (χ4n) is 3.24. The van der Waals surface area contributed by atoms with Gasteiger partial charge in [-0.1, -0.05) is 19.9 Å². The largest absolute Gasteiger partial charge is 0.459 e. The van der Waals surface area contributed by atoms with E-state index < -0.39 is 11.9 Å². The maximum Gasteiger partial charge on any atom is 0.332 e. The van der Waals surface area contributed by atoms with Crippen LogP contribution in [0.1, 0.15) is 33.6 Å². The molecule has 0 saturated carbocycles. The number of furan rings is 1. The van der Waals surface area contributed by atoms with Crippen LogP contribution in [-0.2, 0) is 4.79 Å². The lowest BCUT2D eigenvalue weighted by Crippen LogP contribution is -2.41. The molecule has 1 saturated heterocycles. The first-order valence-corrected chi connectivity index (χ1v) is 7.83. The van der Waals surface area contributed by atoms with Gasteiger partial charge in [0.25, 0.3) is 5.91 Å². The molecular formula is C17H19FN2O3. The third-order valence-electron chi connectivity index (χ3n) is 4.52. The van der Waals surface area contributed by atoms with Crippen molar-refractivity contribution in [3.05, 3.63) is 30.3 Å². The third kappa shape index (κ3) is 2.20. The predicted octanol–water partition coefficient (Wildman–Crippen LogP) is 3.92. The number of amides is 3. The van der Waals surface area contributed by atoms with Gasteiger partial charge in [0.2, 0.25) is 0 Å². The molecule has 0 spiro atoms. The number of fused-ring (bicyclic) bond motifs is 1. The van der Waals surface area contributed by atoms with Crippen LogP contribution >= 0.6 is 0 Å². The predicted molar refractivity (Wildman–Crippen MR) is 84.7 cm³/mol. The fraction of sp³-hybridized carbons (Fsp3) is 0.412. The van der Waals surface area contributed by atoms with E-state index in [1.165, 1.54) is 18.4 Å². The van der Waals surface area contributed by atoms with Crippen LogP contribution < -0.4 is 4.90 Å².